The molecule has 0 bridgehead atoms. The average Bonchev–Trinajstić information content (AvgIpc) is 3.19. The van der Waals surface area contributed by atoms with Crippen LogP contribution in [0.3, 0.4) is 0 Å². The molecule has 6 rings (SSSR count). The van der Waals surface area contributed by atoms with Crippen LogP contribution in [0.1, 0.15) is 24.0 Å². The molecule has 12 heteroatoms. The van der Waals surface area contributed by atoms with Gasteiger partial charge in [-0.05, 0) is 53.6 Å². The molecule has 4 aromatic rings. The summed E-state index contributed by atoms with van der Waals surface area (Å²) in [7, 11) is 0. The maximum absolute atomic E-state index is 14.0. The van der Waals surface area contributed by atoms with Crippen LogP contribution in [0.2, 0.25) is 0 Å². The Hall–Kier alpha value is -4.32. The Morgan fingerprint density at radius 1 is 1.20 bits per heavy atom. The van der Waals surface area contributed by atoms with Gasteiger partial charge < -0.3 is 16.0 Å². The molecule has 3 amide bonds. The summed E-state index contributed by atoms with van der Waals surface area (Å²) in [6, 6.07) is 8.32. The van der Waals surface area contributed by atoms with Gasteiger partial charge in [0, 0.05) is 23.0 Å². The van der Waals surface area contributed by atoms with E-state index in [1.54, 1.807) is 28.1 Å². The number of hydrogen-bond donors (Lipinski definition) is 4. The van der Waals surface area contributed by atoms with Gasteiger partial charge in [0.2, 0.25) is 11.9 Å². The summed E-state index contributed by atoms with van der Waals surface area (Å²) in [5, 5.41) is 17.6. The lowest BCUT2D eigenvalue weighted by Gasteiger charge is -2.12. The molecule has 35 heavy (non-hydrogen) atoms. The van der Waals surface area contributed by atoms with Gasteiger partial charge in [0.25, 0.3) is 5.91 Å². The summed E-state index contributed by atoms with van der Waals surface area (Å²) in [6.45, 7) is 0.371. The van der Waals surface area contributed by atoms with Crippen molar-refractivity contribution in [2.24, 2.45) is 0 Å². The van der Waals surface area contributed by atoms with E-state index in [2.05, 4.69) is 36.3 Å². The van der Waals surface area contributed by atoms with Crippen molar-refractivity contribution < 1.29 is 14.0 Å². The number of anilines is 2. The Morgan fingerprint density at radius 3 is 2.83 bits per heavy atom. The van der Waals surface area contributed by atoms with Crippen molar-refractivity contribution in [2.75, 3.05) is 10.6 Å². The molecular formula is C23H19FN8O2S. The highest BCUT2D eigenvalue weighted by Gasteiger charge is 2.26. The van der Waals surface area contributed by atoms with Gasteiger partial charge in [0.05, 0.1) is 6.20 Å². The number of carbonyl (C=O) groups excluding carboxylic acids is 2. The molecule has 0 atom stereocenters. The van der Waals surface area contributed by atoms with Gasteiger partial charge in [-0.2, -0.15) is 19.6 Å². The first-order chi connectivity index (χ1) is 17.0. The lowest BCUT2D eigenvalue weighted by atomic mass is 10.1. The van der Waals surface area contributed by atoms with E-state index in [-0.39, 0.29) is 11.5 Å². The number of nitrogens with one attached hydrogen (secondary N) is 4. The molecule has 1 aliphatic carbocycles. The molecule has 4 N–H and O–H groups in total. The van der Waals surface area contributed by atoms with Crippen LogP contribution in [-0.2, 0) is 11.3 Å². The fourth-order valence-electron chi connectivity index (χ4n) is 3.76. The minimum Gasteiger partial charge on any atom is -0.351 e. The fourth-order valence-corrected chi connectivity index (χ4v) is 4.53. The number of imide groups is 1. The molecule has 0 radical (unpaired) electrons. The van der Waals surface area contributed by atoms with Crippen molar-refractivity contribution >= 4 is 46.9 Å². The Balaban J connectivity index is 1.35. The van der Waals surface area contributed by atoms with Crippen molar-refractivity contribution in [2.45, 2.75) is 25.4 Å². The van der Waals surface area contributed by atoms with Gasteiger partial charge in [0.1, 0.15) is 11.5 Å². The van der Waals surface area contributed by atoms with E-state index in [1.807, 2.05) is 17.5 Å². The van der Waals surface area contributed by atoms with E-state index in [0.29, 0.717) is 35.7 Å². The number of amides is 3. The largest absolute Gasteiger partial charge is 0.351 e. The van der Waals surface area contributed by atoms with E-state index < -0.39 is 11.9 Å². The lowest BCUT2D eigenvalue weighted by molar-refractivity contribution is -0.115. The molecule has 1 aromatic carbocycles. The molecule has 176 valence electrons. The molecular weight excluding hydrogens is 471 g/mol. The van der Waals surface area contributed by atoms with E-state index in [9.17, 15) is 14.0 Å². The molecule has 10 nitrogen and oxygen atoms in total. The minimum absolute atomic E-state index is 0.113. The minimum atomic E-state index is -0.577. The van der Waals surface area contributed by atoms with Crippen molar-refractivity contribution in [1.29, 1.82) is 0 Å². The van der Waals surface area contributed by atoms with Crippen LogP contribution in [0, 0.1) is 5.82 Å². The van der Waals surface area contributed by atoms with Gasteiger partial charge >= 0.3 is 6.03 Å². The first-order valence-corrected chi connectivity index (χ1v) is 11.8. The van der Waals surface area contributed by atoms with Crippen LogP contribution in [0.25, 0.3) is 22.2 Å². The number of aromatic nitrogens is 4. The first kappa shape index (κ1) is 21.2. The summed E-state index contributed by atoms with van der Waals surface area (Å²) < 4.78 is 15.5. The maximum Gasteiger partial charge on any atom is 0.326 e. The fraction of sp³-hybridized carbons (Fsp3) is 0.174. The Bertz CT molecular complexity index is 1490. The molecule has 1 aliphatic heterocycles. The van der Waals surface area contributed by atoms with Crippen molar-refractivity contribution in [3.05, 3.63) is 64.5 Å². The van der Waals surface area contributed by atoms with Gasteiger partial charge in [-0.25, -0.2) is 9.18 Å². The predicted octanol–water partition coefficient (Wildman–Crippen LogP) is 3.36. The zero-order chi connectivity index (χ0) is 23.9. The van der Waals surface area contributed by atoms with E-state index >= 15 is 0 Å². The summed E-state index contributed by atoms with van der Waals surface area (Å²) >= 11 is 1.54. The van der Waals surface area contributed by atoms with Crippen molar-refractivity contribution in [1.82, 2.24) is 30.2 Å². The highest BCUT2D eigenvalue weighted by molar-refractivity contribution is 7.13. The maximum atomic E-state index is 14.0. The van der Waals surface area contributed by atoms with Gasteiger partial charge in [-0.15, -0.1) is 11.3 Å². The third-order valence-electron chi connectivity index (χ3n) is 5.62. The van der Waals surface area contributed by atoms with Crippen molar-refractivity contribution in [3.63, 3.8) is 0 Å². The first-order valence-electron chi connectivity index (χ1n) is 11.0. The average molecular weight is 491 g/mol. The predicted molar refractivity (Wildman–Crippen MR) is 129 cm³/mol. The lowest BCUT2D eigenvalue weighted by Crippen LogP contribution is -2.22. The molecule has 0 spiro atoms. The van der Waals surface area contributed by atoms with E-state index in [0.717, 1.165) is 28.8 Å². The molecule has 1 saturated heterocycles. The number of rotatable bonds is 7. The molecule has 4 heterocycles. The third-order valence-corrected chi connectivity index (χ3v) is 6.52. The van der Waals surface area contributed by atoms with E-state index in [1.165, 1.54) is 18.2 Å². The van der Waals surface area contributed by atoms with Crippen LogP contribution in [0.5, 0.6) is 0 Å². The van der Waals surface area contributed by atoms with Gasteiger partial charge in [-0.1, -0.05) is 12.1 Å². The SMILES string of the molecule is O=C1NC(=O)/C(=C/c2cnn3c(NC4CC4)nc(NCc4ccc(F)cc4-c4cccs4)nc23)N1. The molecule has 2 fully saturated rings. The zero-order valence-electron chi connectivity index (χ0n) is 18.2. The summed E-state index contributed by atoms with van der Waals surface area (Å²) in [6.07, 6.45) is 5.16. The number of urea groups is 1. The third kappa shape index (κ3) is 4.30. The number of fused-ring (bicyclic) bond motifs is 1. The quantitative estimate of drug-likeness (QED) is 0.231. The van der Waals surface area contributed by atoms with Gasteiger partial charge in [0.15, 0.2) is 5.65 Å². The standard InChI is InChI=1S/C23H19FN8O2S/c24-14-4-3-12(16(9-14)18-2-1-7-35-18)10-25-21-29-19-13(8-17-20(33)30-23(34)28-17)11-26-32(19)22(31-21)27-15-5-6-15/h1-4,7-9,11,15H,5-6,10H2,(H2,25,27,29,31)(H2,28,30,33,34)/b17-8-. The smallest absolute Gasteiger partial charge is 0.326 e. The topological polar surface area (TPSA) is 125 Å². The van der Waals surface area contributed by atoms with Crippen LogP contribution in [0.15, 0.2) is 47.6 Å². The Labute approximate surface area is 202 Å². The normalized spacial score (nSPS) is 16.5. The Morgan fingerprint density at radius 2 is 2.09 bits per heavy atom. The molecule has 2 aliphatic rings. The number of nitrogens with zero attached hydrogens (tertiary/aromatic N) is 4. The second kappa shape index (κ2) is 8.47. The molecule has 1 saturated carbocycles. The van der Waals surface area contributed by atoms with Crippen LogP contribution in [-0.4, -0.2) is 37.6 Å². The van der Waals surface area contributed by atoms with Gasteiger partial charge in [-0.3, -0.25) is 10.1 Å². The second-order valence-electron chi connectivity index (χ2n) is 8.22. The zero-order valence-corrected chi connectivity index (χ0v) is 19.0. The highest BCUT2D eigenvalue weighted by atomic mass is 32.1. The summed E-state index contributed by atoms with van der Waals surface area (Å²) in [5.74, 6) is 0.0468. The van der Waals surface area contributed by atoms with Crippen LogP contribution >= 0.6 is 11.3 Å². The Kier molecular flexibility index (Phi) is 5.14. The highest BCUT2D eigenvalue weighted by Crippen LogP contribution is 2.30. The number of halogens is 1. The monoisotopic (exact) mass is 490 g/mol. The number of hydrogen-bond acceptors (Lipinski definition) is 8. The van der Waals surface area contributed by atoms with Crippen LogP contribution < -0.4 is 21.3 Å². The van der Waals surface area contributed by atoms with Crippen molar-refractivity contribution in [3.8, 4) is 10.4 Å². The van der Waals surface area contributed by atoms with Crippen LogP contribution in [0.4, 0.5) is 21.1 Å². The van der Waals surface area contributed by atoms with E-state index in [4.69, 9.17) is 0 Å². The summed E-state index contributed by atoms with van der Waals surface area (Å²) in [5.41, 5.74) is 2.83. The second-order valence-corrected chi connectivity index (χ2v) is 9.17. The number of carbonyl (C=O) groups is 2. The molecule has 0 unspecified atom stereocenters. The number of benzene rings is 1. The summed E-state index contributed by atoms with van der Waals surface area (Å²) in [4.78, 5) is 33.6. The molecule has 3 aromatic heterocycles. The number of thiophene rings is 1.